The van der Waals surface area contributed by atoms with Gasteiger partial charge in [0, 0.05) is 5.57 Å². The second-order valence-electron chi connectivity index (χ2n) is 5.85. The number of benzene rings is 2. The molecule has 0 atom stereocenters. The lowest BCUT2D eigenvalue weighted by Crippen LogP contribution is -2.18. The van der Waals surface area contributed by atoms with Gasteiger partial charge in [0.25, 0.3) is 0 Å². The number of rotatable bonds is 3. The van der Waals surface area contributed by atoms with Crippen molar-refractivity contribution in [1.29, 1.82) is 0 Å². The summed E-state index contributed by atoms with van der Waals surface area (Å²) in [5, 5.41) is 0.791. The highest BCUT2D eigenvalue weighted by atomic mass is 79.9. The molecule has 0 unspecified atom stereocenters. The Labute approximate surface area is 152 Å². The van der Waals surface area contributed by atoms with Crippen molar-refractivity contribution in [3.63, 3.8) is 0 Å². The maximum atomic E-state index is 12.5. The summed E-state index contributed by atoms with van der Waals surface area (Å²) < 4.78 is 18.0. The molecule has 25 heavy (non-hydrogen) atoms. The summed E-state index contributed by atoms with van der Waals surface area (Å²) in [6.45, 7) is 2.68. The monoisotopic (exact) mass is 398 g/mol. The van der Waals surface area contributed by atoms with Crippen LogP contribution in [0.25, 0.3) is 16.5 Å². The van der Waals surface area contributed by atoms with E-state index in [0.29, 0.717) is 23.5 Å². The van der Waals surface area contributed by atoms with Crippen molar-refractivity contribution in [1.82, 2.24) is 0 Å². The molecule has 0 bridgehead atoms. The van der Waals surface area contributed by atoms with Crippen molar-refractivity contribution < 1.29 is 13.9 Å². The zero-order valence-electron chi connectivity index (χ0n) is 13.5. The van der Waals surface area contributed by atoms with Gasteiger partial charge < -0.3 is 13.9 Å². The van der Waals surface area contributed by atoms with Crippen molar-refractivity contribution in [3.05, 3.63) is 74.6 Å². The van der Waals surface area contributed by atoms with Gasteiger partial charge in [0.05, 0.1) is 9.86 Å². The van der Waals surface area contributed by atoms with E-state index < -0.39 is 5.63 Å². The topological polar surface area (TPSA) is 48.7 Å². The van der Waals surface area contributed by atoms with Gasteiger partial charge in [0.2, 0.25) is 0 Å². The van der Waals surface area contributed by atoms with Crippen LogP contribution >= 0.6 is 15.9 Å². The molecule has 0 fully saturated rings. The fraction of sp³-hybridized carbons (Fsp3) is 0.150. The molecule has 0 radical (unpaired) electrons. The minimum Gasteiger partial charge on any atom is -0.488 e. The van der Waals surface area contributed by atoms with E-state index >= 15 is 0 Å². The Morgan fingerprint density at radius 3 is 2.88 bits per heavy atom. The highest BCUT2D eigenvalue weighted by Gasteiger charge is 2.23. The summed E-state index contributed by atoms with van der Waals surface area (Å²) in [6.07, 6.45) is 1.86. The summed E-state index contributed by atoms with van der Waals surface area (Å²) in [6, 6.07) is 13.2. The van der Waals surface area contributed by atoms with Crippen LogP contribution in [-0.4, -0.2) is 13.2 Å². The molecule has 3 aromatic rings. The third-order valence-corrected chi connectivity index (χ3v) is 4.73. The lowest BCUT2D eigenvalue weighted by atomic mass is 10.0. The number of hydrogen-bond donors (Lipinski definition) is 0. The Bertz CT molecular complexity index is 1050. The van der Waals surface area contributed by atoms with Crippen molar-refractivity contribution in [2.75, 3.05) is 13.2 Å². The van der Waals surface area contributed by atoms with E-state index in [0.717, 1.165) is 26.7 Å². The number of fused-ring (bicyclic) bond motifs is 3. The Morgan fingerprint density at radius 2 is 2.04 bits per heavy atom. The minimum atomic E-state index is -0.411. The maximum Gasteiger partial charge on any atom is 0.347 e. The van der Waals surface area contributed by atoms with E-state index in [9.17, 15) is 4.79 Å². The first-order chi connectivity index (χ1) is 12.1. The smallest absolute Gasteiger partial charge is 0.347 e. The van der Waals surface area contributed by atoms with Gasteiger partial charge in [-0.15, -0.1) is 0 Å². The molecule has 0 spiro atoms. The van der Waals surface area contributed by atoms with Crippen molar-refractivity contribution in [2.24, 2.45) is 0 Å². The van der Waals surface area contributed by atoms with Gasteiger partial charge in [-0.05, 0) is 58.8 Å². The van der Waals surface area contributed by atoms with Gasteiger partial charge in [-0.3, -0.25) is 0 Å². The molecule has 0 aliphatic carbocycles. The standard InChI is InChI=1S/C20H15BrO4/c1-12-6-7-17(15(21)10-12)24-11-13-8-9-23-19-14-4-2-3-5-16(14)25-20(22)18(13)19/h2-8,10H,9,11H2,1H3. The van der Waals surface area contributed by atoms with Crippen LogP contribution < -0.4 is 15.1 Å². The van der Waals surface area contributed by atoms with E-state index in [-0.39, 0.29) is 6.61 Å². The Morgan fingerprint density at radius 1 is 1.20 bits per heavy atom. The van der Waals surface area contributed by atoms with Crippen LogP contribution in [0.1, 0.15) is 11.1 Å². The lowest BCUT2D eigenvalue weighted by molar-refractivity contribution is 0.340. The molecule has 4 nitrogen and oxygen atoms in total. The quantitative estimate of drug-likeness (QED) is 0.598. The van der Waals surface area contributed by atoms with E-state index in [1.807, 2.05) is 49.4 Å². The largest absolute Gasteiger partial charge is 0.488 e. The number of ether oxygens (including phenoxy) is 2. The summed E-state index contributed by atoms with van der Waals surface area (Å²) in [4.78, 5) is 12.5. The fourth-order valence-corrected chi connectivity index (χ4v) is 3.49. The minimum absolute atomic E-state index is 0.265. The average molecular weight is 399 g/mol. The third-order valence-electron chi connectivity index (χ3n) is 4.11. The molecule has 1 aromatic heterocycles. The first kappa shape index (κ1) is 16.0. The van der Waals surface area contributed by atoms with E-state index in [1.54, 1.807) is 6.07 Å². The first-order valence-corrected chi connectivity index (χ1v) is 8.70. The van der Waals surface area contributed by atoms with Crippen molar-refractivity contribution >= 4 is 32.5 Å². The summed E-state index contributed by atoms with van der Waals surface area (Å²) in [5.74, 6) is 1.29. The molecule has 126 valence electrons. The van der Waals surface area contributed by atoms with Crippen LogP contribution in [0.3, 0.4) is 0 Å². The molecule has 4 rings (SSSR count). The van der Waals surface area contributed by atoms with Gasteiger partial charge in [0.1, 0.15) is 35.9 Å². The number of halogens is 1. The molecule has 0 saturated heterocycles. The third kappa shape index (κ3) is 2.96. The van der Waals surface area contributed by atoms with Crippen molar-refractivity contribution in [3.8, 4) is 11.5 Å². The van der Waals surface area contributed by atoms with Crippen LogP contribution in [-0.2, 0) is 0 Å². The molecule has 0 amide bonds. The van der Waals surface area contributed by atoms with Crippen LogP contribution in [0, 0.1) is 6.92 Å². The molecule has 0 N–H and O–H groups in total. The molecular formula is C20H15BrO4. The Kier molecular flexibility index (Phi) is 4.09. The fourth-order valence-electron chi connectivity index (χ4n) is 2.89. The molecule has 1 aliphatic rings. The number of aryl methyl sites for hydroxylation is 1. The van der Waals surface area contributed by atoms with Gasteiger partial charge in [-0.25, -0.2) is 4.79 Å². The summed E-state index contributed by atoms with van der Waals surface area (Å²) >= 11 is 3.50. The second-order valence-corrected chi connectivity index (χ2v) is 6.71. The average Bonchev–Trinajstić information content (AvgIpc) is 2.61. The van der Waals surface area contributed by atoms with Gasteiger partial charge >= 0.3 is 5.63 Å². The highest BCUT2D eigenvalue weighted by Crippen LogP contribution is 2.35. The van der Waals surface area contributed by atoms with Gasteiger partial charge in [-0.2, -0.15) is 0 Å². The Hall–Kier alpha value is -2.53. The number of para-hydroxylation sites is 1. The van der Waals surface area contributed by atoms with Crippen molar-refractivity contribution in [2.45, 2.75) is 6.92 Å². The van der Waals surface area contributed by atoms with E-state index in [4.69, 9.17) is 13.9 Å². The SMILES string of the molecule is Cc1ccc(OCC2=CCOc3c2c(=O)oc2ccccc32)c(Br)c1. The van der Waals surface area contributed by atoms with Crippen LogP contribution in [0.5, 0.6) is 11.5 Å². The van der Waals surface area contributed by atoms with Gasteiger partial charge in [-0.1, -0.05) is 18.2 Å². The molecule has 2 aromatic carbocycles. The second kappa shape index (κ2) is 6.41. The molecule has 0 saturated carbocycles. The first-order valence-electron chi connectivity index (χ1n) is 7.90. The molecule has 5 heteroatoms. The lowest BCUT2D eigenvalue weighted by Gasteiger charge is -2.19. The van der Waals surface area contributed by atoms with E-state index in [1.165, 1.54) is 0 Å². The predicted octanol–water partition coefficient (Wildman–Crippen LogP) is 4.72. The molecule has 1 aliphatic heterocycles. The summed E-state index contributed by atoms with van der Waals surface area (Å²) in [7, 11) is 0. The Balaban J connectivity index is 1.70. The molecular weight excluding hydrogens is 384 g/mol. The van der Waals surface area contributed by atoms with Crippen LogP contribution in [0.4, 0.5) is 0 Å². The van der Waals surface area contributed by atoms with Gasteiger partial charge in [0.15, 0.2) is 0 Å². The van der Waals surface area contributed by atoms with E-state index in [2.05, 4.69) is 15.9 Å². The zero-order chi connectivity index (χ0) is 17.4. The predicted molar refractivity (Wildman–Crippen MR) is 100 cm³/mol. The molecule has 2 heterocycles. The highest BCUT2D eigenvalue weighted by molar-refractivity contribution is 9.10. The number of hydrogen-bond acceptors (Lipinski definition) is 4. The maximum absolute atomic E-state index is 12.5. The zero-order valence-corrected chi connectivity index (χ0v) is 15.1. The van der Waals surface area contributed by atoms with Crippen LogP contribution in [0.15, 0.2) is 62.2 Å². The van der Waals surface area contributed by atoms with Crippen LogP contribution in [0.2, 0.25) is 0 Å². The summed E-state index contributed by atoms with van der Waals surface area (Å²) in [5.41, 5.74) is 2.46. The normalized spacial score (nSPS) is 13.1.